The maximum absolute atomic E-state index is 15.2. The summed E-state index contributed by atoms with van der Waals surface area (Å²) < 4.78 is 0. The van der Waals surface area contributed by atoms with E-state index in [-0.39, 0.29) is 249 Å². The smallest absolute Gasteiger partial charge is 0.322 e. The number of carbonyl (C=O) groups is 16. The number of amides is 12. The zero-order chi connectivity index (χ0) is 91.1. The van der Waals surface area contributed by atoms with Crippen LogP contribution in [-0.4, -0.2) is 369 Å². The van der Waals surface area contributed by atoms with E-state index in [0.29, 0.717) is 53.4 Å². The number of nitrogens with one attached hydrogen (secondary N) is 15. The molecule has 0 aliphatic carbocycles. The van der Waals surface area contributed by atoms with Crippen molar-refractivity contribution in [2.24, 2.45) is 11.7 Å². The first kappa shape index (κ1) is 103. The fraction of sp³-hybridized carbons (Fsp3) is 0.580. The first-order valence-electron chi connectivity index (χ1n) is 42.0. The van der Waals surface area contributed by atoms with Crippen molar-refractivity contribution in [3.63, 3.8) is 0 Å². The molecule has 0 bridgehead atoms. The minimum absolute atomic E-state index is 0. The largest absolute Gasteiger partial charge is 0.508 e. The van der Waals surface area contributed by atoms with Crippen molar-refractivity contribution in [3.8, 4) is 5.75 Å². The van der Waals surface area contributed by atoms with Crippen LogP contribution in [0.2, 0.25) is 0 Å². The average molecular weight is 1860 g/mol. The number of guanidine groups is 1. The van der Waals surface area contributed by atoms with Crippen LogP contribution in [-0.2, 0) is 96.0 Å². The molecule has 689 valence electrons. The Kier molecular flexibility index (Phi) is 44.0. The van der Waals surface area contributed by atoms with Crippen LogP contribution >= 0.6 is 0 Å². The molecule has 45 heteroatoms. The number of phenols is 1. The Labute approximate surface area is 746 Å². The number of rotatable bonds is 50. The molecule has 0 saturated carbocycles. The van der Waals surface area contributed by atoms with Gasteiger partial charge in [0.2, 0.25) is 70.9 Å². The van der Waals surface area contributed by atoms with Crippen molar-refractivity contribution in [1.29, 1.82) is 5.41 Å². The quantitative estimate of drug-likeness (QED) is 0.0112. The van der Waals surface area contributed by atoms with Crippen molar-refractivity contribution < 1.29 is 107 Å². The van der Waals surface area contributed by atoms with Crippen molar-refractivity contribution in [2.75, 3.05) is 118 Å². The van der Waals surface area contributed by atoms with Crippen LogP contribution in [0.5, 0.6) is 5.75 Å². The molecule has 3 aliphatic heterocycles. The number of imidazole rings is 1. The van der Waals surface area contributed by atoms with E-state index in [0.717, 1.165) is 0 Å². The molecule has 4 aromatic rings. The van der Waals surface area contributed by atoms with Gasteiger partial charge in [-0.05, 0) is 106 Å². The number of hydrogen-bond donors (Lipinski definition) is 22. The molecule has 126 heavy (non-hydrogen) atoms. The fourth-order valence-electron chi connectivity index (χ4n) is 14.7. The van der Waals surface area contributed by atoms with Crippen LogP contribution in [0.4, 0.5) is 0 Å². The molecule has 12 amide bonds. The van der Waals surface area contributed by atoms with Crippen LogP contribution < -0.4 is 69.5 Å². The van der Waals surface area contributed by atoms with Crippen molar-refractivity contribution >= 4 is 137 Å². The van der Waals surface area contributed by atoms with Crippen LogP contribution in [0.1, 0.15) is 121 Å². The number of nitrogens with zero attached hydrogens (tertiary/aromatic N) is 6. The number of aliphatic carboxylic acids is 4. The normalized spacial score (nSPS) is 17.1. The van der Waals surface area contributed by atoms with Crippen molar-refractivity contribution in [3.05, 3.63) is 84.1 Å². The van der Waals surface area contributed by atoms with Gasteiger partial charge in [0.15, 0.2) is 5.96 Å². The maximum Gasteiger partial charge on any atom is 0.322 e. The van der Waals surface area contributed by atoms with Crippen LogP contribution in [0.3, 0.4) is 0 Å². The van der Waals surface area contributed by atoms with Gasteiger partial charge in [0.1, 0.15) is 66.7 Å². The molecule has 5 heterocycles. The number of para-hydroxylation sites is 1. The molecule has 9 atom stereocenters. The minimum atomic E-state index is -1.87. The summed E-state index contributed by atoms with van der Waals surface area (Å²) in [5.41, 5.74) is 7.48. The number of likely N-dealkylation sites (tertiary alicyclic amines) is 1. The Balaban J connectivity index is 0.0000245. The van der Waals surface area contributed by atoms with E-state index in [1.165, 1.54) is 41.7 Å². The number of phenolic OH excluding ortho intramolecular Hbond substituents is 1. The molecule has 23 N–H and O–H groups in total. The monoisotopic (exact) mass is 1860 g/mol. The Morgan fingerprint density at radius 3 is 1.61 bits per heavy atom. The second-order valence-corrected chi connectivity index (χ2v) is 31.7. The van der Waals surface area contributed by atoms with Gasteiger partial charge in [-0.3, -0.25) is 102 Å². The summed E-state index contributed by atoms with van der Waals surface area (Å²) >= 11 is 0. The summed E-state index contributed by atoms with van der Waals surface area (Å²) in [5, 5.41) is 99.6. The molecule has 2 aromatic heterocycles. The third kappa shape index (κ3) is 36.6. The number of aromatic amines is 2. The predicted octanol–water partition coefficient (Wildman–Crippen LogP) is -5.15. The zero-order valence-corrected chi connectivity index (χ0v) is 74.2. The predicted molar refractivity (Wildman–Crippen MR) is 455 cm³/mol. The number of carbonyl (C=O) groups excluding carboxylic acids is 12. The van der Waals surface area contributed by atoms with Crippen LogP contribution in [0, 0.1) is 11.3 Å². The molecule has 3 aliphatic rings. The Bertz CT molecular complexity index is 4300. The SMILES string of the molecule is CC(C)C[C@H](NC(=O)[C@@H](CCCCNC(=O)CCCCCNC(=O)CN1CCN(CC(=O)O)CCN(CC(=O)O)CCN(CC(=O)O)CC1)NC(=O)[C@H](Cc1ccc(O)cc1)NC(=O)[C@H](CO)NC(=O)[C@H](Cc1c[nH]c2ccccc12)NC(=O)[C@H](Cc1cnc[nH]1)NC(=O)[C@@H]1CCC(=O)N1)C(=O)N[C@@H](CCCNC(=N)N)C(=O)N1CCC[C@H]1C(=O)NCC(=O)O.[111In]. The number of H-pyrrole nitrogens is 2. The number of carboxylic acids is 4. The third-order valence-electron chi connectivity index (χ3n) is 21.3. The van der Waals surface area contributed by atoms with Gasteiger partial charge in [0.25, 0.3) is 0 Å². The summed E-state index contributed by atoms with van der Waals surface area (Å²) in [6.07, 6.45) is 5.96. The van der Waals surface area contributed by atoms with Gasteiger partial charge in [0.05, 0.1) is 39.1 Å². The number of unbranched alkanes of at least 4 members (excludes halogenated alkanes) is 3. The standard InChI is InChI=1S/C81H120N22O22.In/c1-49(2)36-59(74(119)93-58(15-10-26-87-81(82)83)80(125)103-27-11-16-64(103)79(124)89-42-68(109)110)94-72(117)56(14-7-9-25-85-65(106)17-4-3-8-24-86-67(108)43-99-28-30-100(44-69(111)112)32-34-102(46-71(115)116)35-33-101(31-29-99)45-70(113)114)92-75(120)60(37-50-18-20-53(105)21-19-50)95-78(123)63(47-104)98-76(121)61(38-51-40-88-55-13-6-5-12-54(51)55)96-77(122)62(39-52-41-84-48-90-52)97-73(118)57-22-23-66(107)91-57;/h5-6,12-13,18-21,40-41,48-49,56-64,88,104-105H,3-4,7-11,14-17,22-39,42-47H2,1-2H3,(H,84,90)(H,85,106)(H,86,108)(H,89,124)(H,91,107)(H,92,120)(H,93,119)(H,94,117)(H,95,123)(H,96,122)(H,97,118)(H,98,121)(H,109,110)(H,111,112)(H,113,114)(H,115,116)(H4,82,83,87);/t56-,57+,58+,59+,60+,61+,62+,63+,64+;/m1./s1/i;1-4. The second-order valence-electron chi connectivity index (χ2n) is 31.7. The topological polar surface area (TPSA) is 649 Å². The second kappa shape index (κ2) is 53.7. The first-order valence-corrected chi connectivity index (χ1v) is 42.0. The molecule has 3 radical (unpaired) electrons. The molecule has 0 spiro atoms. The average Bonchev–Trinajstić information content (AvgIpc) is 1.70. The molecular formula is C81H120InN22O22. The van der Waals surface area contributed by atoms with Gasteiger partial charge in [-0.1, -0.05) is 50.6 Å². The Morgan fingerprint density at radius 1 is 0.532 bits per heavy atom. The van der Waals surface area contributed by atoms with E-state index in [2.05, 4.69) is 78.8 Å². The fourth-order valence-corrected chi connectivity index (χ4v) is 14.7. The van der Waals surface area contributed by atoms with E-state index in [9.17, 15) is 97.8 Å². The molecule has 7 rings (SSSR count). The van der Waals surface area contributed by atoms with Crippen molar-refractivity contribution in [1.82, 2.24) is 103 Å². The summed E-state index contributed by atoms with van der Waals surface area (Å²) in [6.45, 7) is 2.81. The van der Waals surface area contributed by atoms with Gasteiger partial charge in [0, 0.05) is 165 Å². The Morgan fingerprint density at radius 2 is 1.05 bits per heavy atom. The van der Waals surface area contributed by atoms with Gasteiger partial charge in [-0.25, -0.2) is 4.98 Å². The maximum atomic E-state index is 15.2. The molecule has 3 fully saturated rings. The van der Waals surface area contributed by atoms with Gasteiger partial charge in [-0.15, -0.1) is 0 Å². The van der Waals surface area contributed by atoms with E-state index in [1.807, 2.05) is 0 Å². The van der Waals surface area contributed by atoms with Gasteiger partial charge >= 0.3 is 23.9 Å². The van der Waals surface area contributed by atoms with E-state index >= 15 is 9.59 Å². The van der Waals surface area contributed by atoms with Crippen LogP contribution in [0.25, 0.3) is 10.9 Å². The number of benzene rings is 2. The number of fused-ring (bicyclic) bond motifs is 1. The Hall–Kier alpha value is -11.5. The number of aliphatic hydroxyl groups is 1. The summed E-state index contributed by atoms with van der Waals surface area (Å²) in [6, 6.07) is -0.331. The van der Waals surface area contributed by atoms with Crippen molar-refractivity contribution in [2.45, 2.75) is 177 Å². The van der Waals surface area contributed by atoms with Gasteiger partial charge in [-0.2, -0.15) is 0 Å². The number of hydrogen-bond acceptors (Lipinski definition) is 24. The molecule has 3 saturated heterocycles. The summed E-state index contributed by atoms with van der Waals surface area (Å²) in [5.74, 6) is -14.5. The molecular weight excluding hydrogens is 1740 g/mol. The third-order valence-corrected chi connectivity index (χ3v) is 21.3. The zero-order valence-electron chi connectivity index (χ0n) is 70.9. The summed E-state index contributed by atoms with van der Waals surface area (Å²) in [4.78, 5) is 234. The molecule has 44 nitrogen and oxygen atoms in total. The number of aliphatic hydroxyl groups excluding tert-OH is 1. The number of aromatic hydroxyl groups is 1. The molecule has 0 unspecified atom stereocenters. The van der Waals surface area contributed by atoms with Gasteiger partial charge < -0.3 is 115 Å². The van der Waals surface area contributed by atoms with E-state index in [4.69, 9.17) is 11.1 Å². The number of carboxylic acid groups (broad SMARTS) is 4. The number of aromatic nitrogens is 3. The summed E-state index contributed by atoms with van der Waals surface area (Å²) in [7, 11) is 0. The minimum Gasteiger partial charge on any atom is -0.508 e. The van der Waals surface area contributed by atoms with E-state index in [1.54, 1.807) is 63.9 Å². The van der Waals surface area contributed by atoms with E-state index < -0.39 is 145 Å². The molecule has 2 aromatic carbocycles. The van der Waals surface area contributed by atoms with Crippen LogP contribution in [0.15, 0.2) is 67.3 Å². The number of nitrogens with two attached hydrogens (primary N) is 1. The first-order chi connectivity index (χ1) is 59.7.